The van der Waals surface area contributed by atoms with Crippen molar-refractivity contribution in [3.05, 3.63) is 24.0 Å². The van der Waals surface area contributed by atoms with E-state index in [0.29, 0.717) is 12.2 Å². The predicted octanol–water partition coefficient (Wildman–Crippen LogP) is 1.05. The minimum absolute atomic E-state index is 0.0472. The Bertz CT molecular complexity index is 177. The van der Waals surface area contributed by atoms with Gasteiger partial charge in [-0.1, -0.05) is 0 Å². The fraction of sp³-hybridized carbons (Fsp3) is 0.286. The second kappa shape index (κ2) is 2.49. The molecule has 0 fully saturated rings. The van der Waals surface area contributed by atoms with Crippen molar-refractivity contribution >= 4 is 5.78 Å². The molecule has 0 saturated heterocycles. The van der Waals surface area contributed by atoms with Crippen molar-refractivity contribution in [2.24, 2.45) is 0 Å². The van der Waals surface area contributed by atoms with Crippen LogP contribution in [0.4, 0.5) is 0 Å². The molecule has 0 aliphatic carbocycles. The number of hydrogen-bond acceptors (Lipinski definition) is 2. The number of allylic oxidation sites excluding steroid dienone is 2. The summed E-state index contributed by atoms with van der Waals surface area (Å²) in [7, 11) is 0. The Labute approximate surface area is 53.8 Å². The SMILES string of the molecule is CC(=O)C1=COCC=C1. The largest absolute Gasteiger partial charge is 0.496 e. The minimum Gasteiger partial charge on any atom is -0.496 e. The highest BCUT2D eigenvalue weighted by Gasteiger charge is 2.01. The number of rotatable bonds is 1. The summed E-state index contributed by atoms with van der Waals surface area (Å²) in [4.78, 5) is 10.6. The van der Waals surface area contributed by atoms with Crippen molar-refractivity contribution in [1.82, 2.24) is 0 Å². The number of carbonyl (C=O) groups is 1. The molecule has 1 rings (SSSR count). The molecule has 0 spiro atoms. The molecule has 1 heterocycles. The van der Waals surface area contributed by atoms with E-state index < -0.39 is 0 Å². The molecule has 0 radical (unpaired) electrons. The summed E-state index contributed by atoms with van der Waals surface area (Å²) in [6.07, 6.45) is 5.07. The average Bonchev–Trinajstić information content (AvgIpc) is 1.90. The first-order chi connectivity index (χ1) is 4.30. The third kappa shape index (κ3) is 1.42. The molecule has 1 aliphatic rings. The summed E-state index contributed by atoms with van der Waals surface area (Å²) in [6.45, 7) is 2.10. The van der Waals surface area contributed by atoms with Gasteiger partial charge in [0.1, 0.15) is 6.61 Å². The number of Topliss-reactive ketones (excluding diaryl/α,β-unsaturated/α-hetero) is 1. The molecule has 0 aromatic rings. The van der Waals surface area contributed by atoms with Crippen LogP contribution in [-0.4, -0.2) is 12.4 Å². The summed E-state index contributed by atoms with van der Waals surface area (Å²) in [6, 6.07) is 0. The van der Waals surface area contributed by atoms with E-state index in [4.69, 9.17) is 4.74 Å². The van der Waals surface area contributed by atoms with E-state index in [2.05, 4.69) is 0 Å². The van der Waals surface area contributed by atoms with Crippen LogP contribution in [0.1, 0.15) is 6.92 Å². The van der Waals surface area contributed by atoms with Crippen LogP contribution in [0.15, 0.2) is 24.0 Å². The molecule has 2 heteroatoms. The molecule has 0 aromatic heterocycles. The van der Waals surface area contributed by atoms with Crippen LogP contribution in [0.2, 0.25) is 0 Å². The standard InChI is InChI=1S/C7H8O2/c1-6(8)7-3-2-4-9-5-7/h2-3,5H,4H2,1H3. The van der Waals surface area contributed by atoms with E-state index in [1.54, 1.807) is 6.08 Å². The van der Waals surface area contributed by atoms with Gasteiger partial charge in [-0.2, -0.15) is 0 Å². The van der Waals surface area contributed by atoms with Crippen LogP contribution in [0.5, 0.6) is 0 Å². The van der Waals surface area contributed by atoms with Crippen LogP contribution >= 0.6 is 0 Å². The van der Waals surface area contributed by atoms with Crippen LogP contribution in [0.3, 0.4) is 0 Å². The van der Waals surface area contributed by atoms with E-state index in [-0.39, 0.29) is 5.78 Å². The molecule has 0 saturated carbocycles. The fourth-order valence-electron chi connectivity index (χ4n) is 0.608. The van der Waals surface area contributed by atoms with E-state index in [9.17, 15) is 4.79 Å². The lowest BCUT2D eigenvalue weighted by Crippen LogP contribution is -1.99. The van der Waals surface area contributed by atoms with Gasteiger partial charge in [0, 0.05) is 0 Å². The monoisotopic (exact) mass is 124 g/mol. The zero-order valence-corrected chi connectivity index (χ0v) is 5.26. The van der Waals surface area contributed by atoms with E-state index in [0.717, 1.165) is 0 Å². The second-order valence-electron chi connectivity index (χ2n) is 1.87. The fourth-order valence-corrected chi connectivity index (χ4v) is 0.608. The van der Waals surface area contributed by atoms with Crippen LogP contribution in [0, 0.1) is 0 Å². The highest BCUT2D eigenvalue weighted by Crippen LogP contribution is 2.03. The van der Waals surface area contributed by atoms with Gasteiger partial charge in [-0.15, -0.1) is 0 Å². The average molecular weight is 124 g/mol. The molecule has 0 bridgehead atoms. The Morgan fingerprint density at radius 3 is 2.89 bits per heavy atom. The van der Waals surface area contributed by atoms with Gasteiger partial charge in [-0.05, 0) is 19.1 Å². The summed E-state index contributed by atoms with van der Waals surface area (Å²) in [5, 5.41) is 0. The van der Waals surface area contributed by atoms with Gasteiger partial charge >= 0.3 is 0 Å². The normalized spacial score (nSPS) is 16.3. The quantitative estimate of drug-likeness (QED) is 0.522. The zero-order chi connectivity index (χ0) is 6.69. The van der Waals surface area contributed by atoms with Crippen molar-refractivity contribution in [2.75, 3.05) is 6.61 Å². The first kappa shape index (κ1) is 6.08. The van der Waals surface area contributed by atoms with Gasteiger partial charge in [-0.3, -0.25) is 4.79 Å². The van der Waals surface area contributed by atoms with Crippen molar-refractivity contribution in [3.8, 4) is 0 Å². The van der Waals surface area contributed by atoms with Gasteiger partial charge < -0.3 is 4.74 Å². The molecule has 0 atom stereocenters. The molecule has 0 aromatic carbocycles. The van der Waals surface area contributed by atoms with Crippen molar-refractivity contribution < 1.29 is 9.53 Å². The summed E-state index contributed by atoms with van der Waals surface area (Å²) in [5.41, 5.74) is 0.640. The first-order valence-corrected chi connectivity index (χ1v) is 2.80. The number of ether oxygens (including phenoxy) is 1. The van der Waals surface area contributed by atoms with Gasteiger partial charge in [-0.25, -0.2) is 0 Å². The number of hydrogen-bond donors (Lipinski definition) is 0. The Morgan fingerprint density at radius 2 is 2.56 bits per heavy atom. The van der Waals surface area contributed by atoms with E-state index in [1.807, 2.05) is 6.08 Å². The molecular formula is C7H8O2. The summed E-state index contributed by atoms with van der Waals surface area (Å²) < 4.78 is 4.87. The van der Waals surface area contributed by atoms with Gasteiger partial charge in [0.2, 0.25) is 0 Å². The van der Waals surface area contributed by atoms with Crippen molar-refractivity contribution in [1.29, 1.82) is 0 Å². The molecule has 0 amide bonds. The van der Waals surface area contributed by atoms with Crippen LogP contribution < -0.4 is 0 Å². The third-order valence-electron chi connectivity index (χ3n) is 1.11. The third-order valence-corrected chi connectivity index (χ3v) is 1.11. The molecule has 1 aliphatic heterocycles. The second-order valence-corrected chi connectivity index (χ2v) is 1.87. The highest BCUT2D eigenvalue weighted by molar-refractivity contribution is 5.95. The zero-order valence-electron chi connectivity index (χ0n) is 5.26. The maximum Gasteiger partial charge on any atom is 0.162 e. The minimum atomic E-state index is 0.0472. The Kier molecular flexibility index (Phi) is 1.68. The maximum atomic E-state index is 10.6. The molecule has 48 valence electrons. The summed E-state index contributed by atoms with van der Waals surface area (Å²) >= 11 is 0. The smallest absolute Gasteiger partial charge is 0.162 e. The predicted molar refractivity (Wildman–Crippen MR) is 33.9 cm³/mol. The highest BCUT2D eigenvalue weighted by atomic mass is 16.5. The van der Waals surface area contributed by atoms with Gasteiger partial charge in [0.15, 0.2) is 5.78 Å². The molecule has 0 N–H and O–H groups in total. The van der Waals surface area contributed by atoms with Crippen LogP contribution in [-0.2, 0) is 9.53 Å². The lowest BCUT2D eigenvalue weighted by atomic mass is 10.2. The number of carbonyl (C=O) groups excluding carboxylic acids is 1. The van der Waals surface area contributed by atoms with E-state index >= 15 is 0 Å². The lowest BCUT2D eigenvalue weighted by molar-refractivity contribution is -0.113. The maximum absolute atomic E-state index is 10.6. The Hall–Kier alpha value is -1.05. The molecule has 9 heavy (non-hydrogen) atoms. The van der Waals surface area contributed by atoms with Gasteiger partial charge in [0.25, 0.3) is 0 Å². The topological polar surface area (TPSA) is 26.3 Å². The molecule has 0 unspecified atom stereocenters. The summed E-state index contributed by atoms with van der Waals surface area (Å²) in [5.74, 6) is 0.0472. The van der Waals surface area contributed by atoms with Gasteiger partial charge in [0.05, 0.1) is 11.8 Å². The Balaban J connectivity index is 2.69. The number of ketones is 1. The van der Waals surface area contributed by atoms with Crippen molar-refractivity contribution in [2.45, 2.75) is 6.92 Å². The van der Waals surface area contributed by atoms with Crippen LogP contribution in [0.25, 0.3) is 0 Å². The van der Waals surface area contributed by atoms with Crippen molar-refractivity contribution in [3.63, 3.8) is 0 Å². The first-order valence-electron chi connectivity index (χ1n) is 2.80. The van der Waals surface area contributed by atoms with E-state index in [1.165, 1.54) is 13.2 Å². The lowest BCUT2D eigenvalue weighted by Gasteiger charge is -2.03. The molecule has 2 nitrogen and oxygen atoms in total. The molecular weight excluding hydrogens is 116 g/mol. The Morgan fingerprint density at radius 1 is 1.78 bits per heavy atom.